The number of nitrogen functional groups attached to an aromatic ring is 1. The number of carbonyl (C=O) groups excluding carboxylic acids is 1. The molecule has 0 atom stereocenters. The van der Waals surface area contributed by atoms with Crippen LogP contribution in [0.15, 0.2) is 30.3 Å². The van der Waals surface area contributed by atoms with Crippen molar-refractivity contribution in [2.45, 2.75) is 45.1 Å². The third-order valence-corrected chi connectivity index (χ3v) is 4.64. The van der Waals surface area contributed by atoms with Crippen LogP contribution in [-0.4, -0.2) is 46.6 Å². The molecule has 7 nitrogen and oxygen atoms in total. The number of aromatic nitrogens is 2. The van der Waals surface area contributed by atoms with E-state index in [9.17, 15) is 4.79 Å². The number of likely N-dealkylation sites (tertiary alicyclic amines) is 1. The molecule has 1 saturated heterocycles. The minimum absolute atomic E-state index is 0.246. The number of anilines is 1. The maximum absolute atomic E-state index is 12.2. The molecular formula is C20H28N4O3. The van der Waals surface area contributed by atoms with E-state index in [0.29, 0.717) is 18.9 Å². The number of nitrogens with two attached hydrogens (primary N) is 1. The molecule has 2 N–H and O–H groups in total. The highest BCUT2D eigenvalue weighted by molar-refractivity contribution is 5.68. The van der Waals surface area contributed by atoms with Crippen molar-refractivity contribution < 1.29 is 14.3 Å². The zero-order valence-corrected chi connectivity index (χ0v) is 16.4. The van der Waals surface area contributed by atoms with Gasteiger partial charge in [-0.3, -0.25) is 0 Å². The fourth-order valence-electron chi connectivity index (χ4n) is 3.23. The Morgan fingerprint density at radius 3 is 2.37 bits per heavy atom. The maximum Gasteiger partial charge on any atom is 0.410 e. The molecule has 146 valence electrons. The Bertz CT molecular complexity index is 785. The molecule has 2 aromatic rings. The van der Waals surface area contributed by atoms with E-state index in [0.717, 1.165) is 30.0 Å². The standard InChI is InChI=1S/C20H28N4O3/c1-20(2,3)27-19(25)23-11-9-14(10-12-23)17-13-18(21)24(22-17)15-5-7-16(26-4)8-6-15/h5-8,13-14H,9-12,21H2,1-4H3. The summed E-state index contributed by atoms with van der Waals surface area (Å²) < 4.78 is 12.4. The molecule has 0 bridgehead atoms. The molecule has 2 heterocycles. The quantitative estimate of drug-likeness (QED) is 0.890. The third kappa shape index (κ3) is 4.53. The molecule has 0 unspecified atom stereocenters. The van der Waals surface area contributed by atoms with Gasteiger partial charge in [0.25, 0.3) is 0 Å². The van der Waals surface area contributed by atoms with Crippen molar-refractivity contribution in [2.24, 2.45) is 0 Å². The molecule has 1 amide bonds. The van der Waals surface area contributed by atoms with Crippen LogP contribution >= 0.6 is 0 Å². The number of ether oxygens (including phenoxy) is 2. The topological polar surface area (TPSA) is 82.6 Å². The van der Waals surface area contributed by atoms with Gasteiger partial charge in [0.1, 0.15) is 17.2 Å². The van der Waals surface area contributed by atoms with Crippen LogP contribution in [0, 0.1) is 0 Å². The smallest absolute Gasteiger partial charge is 0.410 e. The van der Waals surface area contributed by atoms with Gasteiger partial charge in [0.2, 0.25) is 0 Å². The Morgan fingerprint density at radius 1 is 1.19 bits per heavy atom. The van der Waals surface area contributed by atoms with Crippen LogP contribution in [-0.2, 0) is 4.74 Å². The summed E-state index contributed by atoms with van der Waals surface area (Å²) in [6, 6.07) is 9.55. The first kappa shape index (κ1) is 19.1. The van der Waals surface area contributed by atoms with E-state index in [1.165, 1.54) is 0 Å². The molecule has 1 aromatic carbocycles. The maximum atomic E-state index is 12.2. The molecule has 3 rings (SSSR count). The summed E-state index contributed by atoms with van der Waals surface area (Å²) in [7, 11) is 1.64. The highest BCUT2D eigenvalue weighted by atomic mass is 16.6. The molecule has 1 aliphatic rings. The Morgan fingerprint density at radius 2 is 1.81 bits per heavy atom. The first-order chi connectivity index (χ1) is 12.8. The monoisotopic (exact) mass is 372 g/mol. The fraction of sp³-hybridized carbons (Fsp3) is 0.500. The molecule has 1 aliphatic heterocycles. The van der Waals surface area contributed by atoms with Crippen molar-refractivity contribution in [1.82, 2.24) is 14.7 Å². The van der Waals surface area contributed by atoms with E-state index in [4.69, 9.17) is 20.3 Å². The SMILES string of the molecule is COc1ccc(-n2nc(C3CCN(C(=O)OC(C)(C)C)CC3)cc2N)cc1. The lowest BCUT2D eigenvalue weighted by atomic mass is 9.94. The van der Waals surface area contributed by atoms with Gasteiger partial charge in [-0.1, -0.05) is 0 Å². The predicted octanol–water partition coefficient (Wildman–Crippen LogP) is 3.58. The number of rotatable bonds is 3. The van der Waals surface area contributed by atoms with E-state index >= 15 is 0 Å². The molecule has 0 spiro atoms. The van der Waals surface area contributed by atoms with Gasteiger partial charge in [0.15, 0.2) is 0 Å². The van der Waals surface area contributed by atoms with E-state index in [-0.39, 0.29) is 12.0 Å². The number of benzene rings is 1. The highest BCUT2D eigenvalue weighted by Crippen LogP contribution is 2.30. The van der Waals surface area contributed by atoms with Gasteiger partial charge in [0, 0.05) is 25.1 Å². The normalized spacial score (nSPS) is 15.6. The number of carbonyl (C=O) groups is 1. The lowest BCUT2D eigenvalue weighted by Gasteiger charge is -2.32. The predicted molar refractivity (Wildman–Crippen MR) is 104 cm³/mol. The Hall–Kier alpha value is -2.70. The average molecular weight is 372 g/mol. The van der Waals surface area contributed by atoms with Crippen LogP contribution in [0.2, 0.25) is 0 Å². The van der Waals surface area contributed by atoms with Crippen LogP contribution < -0.4 is 10.5 Å². The molecule has 1 fully saturated rings. The minimum atomic E-state index is -0.473. The number of hydrogen-bond acceptors (Lipinski definition) is 5. The average Bonchev–Trinajstić information content (AvgIpc) is 3.02. The van der Waals surface area contributed by atoms with Gasteiger partial charge in [-0.15, -0.1) is 0 Å². The molecule has 27 heavy (non-hydrogen) atoms. The summed E-state index contributed by atoms with van der Waals surface area (Å²) in [4.78, 5) is 14.0. The van der Waals surface area contributed by atoms with Crippen LogP contribution in [0.3, 0.4) is 0 Å². The number of nitrogens with zero attached hydrogens (tertiary/aromatic N) is 3. The van der Waals surface area contributed by atoms with Gasteiger partial charge < -0.3 is 20.1 Å². The molecule has 0 aliphatic carbocycles. The van der Waals surface area contributed by atoms with Crippen LogP contribution in [0.5, 0.6) is 5.75 Å². The first-order valence-corrected chi connectivity index (χ1v) is 9.24. The first-order valence-electron chi connectivity index (χ1n) is 9.24. The zero-order valence-electron chi connectivity index (χ0n) is 16.4. The largest absolute Gasteiger partial charge is 0.497 e. The van der Waals surface area contributed by atoms with Crippen LogP contribution in [0.4, 0.5) is 10.6 Å². The molecule has 0 radical (unpaired) electrons. The second-order valence-electron chi connectivity index (χ2n) is 7.85. The molecule has 1 aromatic heterocycles. The van der Waals surface area contributed by atoms with E-state index in [2.05, 4.69) is 0 Å². The van der Waals surface area contributed by atoms with Crippen molar-refractivity contribution >= 4 is 11.9 Å². The van der Waals surface area contributed by atoms with Crippen molar-refractivity contribution in [3.05, 3.63) is 36.0 Å². The molecule has 0 saturated carbocycles. The summed E-state index contributed by atoms with van der Waals surface area (Å²) >= 11 is 0. The number of piperidine rings is 1. The van der Waals surface area contributed by atoms with Gasteiger partial charge in [-0.2, -0.15) is 5.10 Å². The van der Waals surface area contributed by atoms with Gasteiger partial charge >= 0.3 is 6.09 Å². The van der Waals surface area contributed by atoms with Crippen molar-refractivity contribution in [2.75, 3.05) is 25.9 Å². The van der Waals surface area contributed by atoms with Crippen molar-refractivity contribution in [1.29, 1.82) is 0 Å². The van der Waals surface area contributed by atoms with E-state index in [1.54, 1.807) is 16.7 Å². The fourth-order valence-corrected chi connectivity index (χ4v) is 3.23. The number of hydrogen-bond donors (Lipinski definition) is 1. The minimum Gasteiger partial charge on any atom is -0.497 e. The third-order valence-electron chi connectivity index (χ3n) is 4.64. The number of methoxy groups -OCH3 is 1. The Labute approximate surface area is 160 Å². The van der Waals surface area contributed by atoms with Gasteiger partial charge in [0.05, 0.1) is 18.5 Å². The van der Waals surface area contributed by atoms with Crippen molar-refractivity contribution in [3.63, 3.8) is 0 Å². The summed E-state index contributed by atoms with van der Waals surface area (Å²) in [5.41, 5.74) is 7.57. The van der Waals surface area contributed by atoms with Gasteiger partial charge in [-0.25, -0.2) is 9.48 Å². The molecule has 7 heteroatoms. The Balaban J connectivity index is 1.66. The lowest BCUT2D eigenvalue weighted by Crippen LogP contribution is -2.41. The summed E-state index contributed by atoms with van der Waals surface area (Å²) in [5, 5.41) is 4.70. The summed E-state index contributed by atoms with van der Waals surface area (Å²) in [5.74, 6) is 1.68. The Kier molecular flexibility index (Phi) is 5.30. The molecular weight excluding hydrogens is 344 g/mol. The van der Waals surface area contributed by atoms with E-state index in [1.807, 2.05) is 51.1 Å². The second-order valence-corrected chi connectivity index (χ2v) is 7.85. The number of amides is 1. The van der Waals surface area contributed by atoms with E-state index < -0.39 is 5.60 Å². The second kappa shape index (κ2) is 7.50. The summed E-state index contributed by atoms with van der Waals surface area (Å²) in [6.07, 6.45) is 1.45. The zero-order chi connectivity index (χ0) is 19.6. The van der Waals surface area contributed by atoms with Crippen LogP contribution in [0.1, 0.15) is 45.2 Å². The summed E-state index contributed by atoms with van der Waals surface area (Å²) in [6.45, 7) is 6.97. The highest BCUT2D eigenvalue weighted by Gasteiger charge is 2.28. The van der Waals surface area contributed by atoms with Crippen LogP contribution in [0.25, 0.3) is 5.69 Å². The lowest BCUT2D eigenvalue weighted by molar-refractivity contribution is 0.0204. The van der Waals surface area contributed by atoms with Gasteiger partial charge in [-0.05, 0) is 57.9 Å². The van der Waals surface area contributed by atoms with Crippen molar-refractivity contribution in [3.8, 4) is 11.4 Å².